The van der Waals surface area contributed by atoms with Crippen LogP contribution in [0.2, 0.25) is 0 Å². The molecule has 0 saturated heterocycles. The molecule has 0 amide bonds. The molecule has 2 rings (SSSR count). The molecule has 1 heterocycles. The molecular weight excluding hydrogens is 324 g/mol. The second kappa shape index (κ2) is 5.97. The summed E-state index contributed by atoms with van der Waals surface area (Å²) in [7, 11) is 3.37. The van der Waals surface area contributed by atoms with Gasteiger partial charge in [-0.2, -0.15) is 0 Å². The van der Waals surface area contributed by atoms with E-state index in [0.717, 1.165) is 17.1 Å². The minimum Gasteiger partial charge on any atom is -0.497 e. The van der Waals surface area contributed by atoms with Crippen molar-refractivity contribution in [3.63, 3.8) is 0 Å². The van der Waals surface area contributed by atoms with Crippen LogP contribution in [0, 0.1) is 13.8 Å². The molecule has 1 aromatic carbocycles. The van der Waals surface area contributed by atoms with E-state index in [1.807, 2.05) is 18.2 Å². The SMILES string of the molecule is COc1ccc(OC)c(C(Br)c2sc(C)cc2C)c1. The summed E-state index contributed by atoms with van der Waals surface area (Å²) in [5, 5.41) is 0. The molecule has 0 aliphatic heterocycles. The number of hydrogen-bond donors (Lipinski definition) is 0. The summed E-state index contributed by atoms with van der Waals surface area (Å²) in [6, 6.07) is 8.08. The normalized spacial score (nSPS) is 12.3. The lowest BCUT2D eigenvalue weighted by atomic mass is 10.1. The fraction of sp³-hybridized carbons (Fsp3) is 0.333. The summed E-state index contributed by atoms with van der Waals surface area (Å²) >= 11 is 5.59. The van der Waals surface area contributed by atoms with E-state index < -0.39 is 0 Å². The van der Waals surface area contributed by atoms with E-state index in [2.05, 4.69) is 35.8 Å². The number of aryl methyl sites for hydroxylation is 2. The quantitative estimate of drug-likeness (QED) is 0.739. The second-order valence-electron chi connectivity index (χ2n) is 4.37. The number of methoxy groups -OCH3 is 2. The van der Waals surface area contributed by atoms with Crippen molar-refractivity contribution < 1.29 is 9.47 Å². The number of ether oxygens (including phenoxy) is 2. The predicted octanol–water partition coefficient (Wildman–Crippen LogP) is 4.87. The van der Waals surface area contributed by atoms with Crippen LogP contribution in [0.4, 0.5) is 0 Å². The minimum absolute atomic E-state index is 0.122. The predicted molar refractivity (Wildman–Crippen MR) is 84.1 cm³/mol. The molecule has 0 aliphatic rings. The molecule has 0 aliphatic carbocycles. The Balaban J connectivity index is 2.47. The van der Waals surface area contributed by atoms with E-state index in [9.17, 15) is 0 Å². The summed E-state index contributed by atoms with van der Waals surface area (Å²) in [5.41, 5.74) is 2.39. The standard InChI is InChI=1S/C15H17BrO2S/c1-9-7-10(2)19-15(9)14(16)12-8-11(17-3)5-6-13(12)18-4/h5-8,14H,1-4H3. The van der Waals surface area contributed by atoms with Crippen molar-refractivity contribution in [3.8, 4) is 11.5 Å². The van der Waals surface area contributed by atoms with Gasteiger partial charge in [-0.3, -0.25) is 0 Å². The Bertz CT molecular complexity index is 578. The third-order valence-electron chi connectivity index (χ3n) is 3.02. The van der Waals surface area contributed by atoms with Crippen molar-refractivity contribution in [1.82, 2.24) is 0 Å². The molecule has 1 aromatic heterocycles. The fourth-order valence-corrected chi connectivity index (χ4v) is 4.12. The van der Waals surface area contributed by atoms with Crippen LogP contribution in [0.25, 0.3) is 0 Å². The first-order valence-corrected chi connectivity index (χ1v) is 7.73. The van der Waals surface area contributed by atoms with Gasteiger partial charge in [0, 0.05) is 15.3 Å². The largest absolute Gasteiger partial charge is 0.497 e. The average Bonchev–Trinajstić information content (AvgIpc) is 2.76. The molecule has 102 valence electrons. The maximum absolute atomic E-state index is 5.45. The number of halogens is 1. The Morgan fingerprint density at radius 1 is 1.11 bits per heavy atom. The fourth-order valence-electron chi connectivity index (χ4n) is 2.09. The molecule has 2 aromatic rings. The molecule has 0 radical (unpaired) electrons. The van der Waals surface area contributed by atoms with Gasteiger partial charge in [-0.25, -0.2) is 0 Å². The van der Waals surface area contributed by atoms with E-state index >= 15 is 0 Å². The van der Waals surface area contributed by atoms with Crippen LogP contribution in [-0.2, 0) is 0 Å². The van der Waals surface area contributed by atoms with E-state index in [-0.39, 0.29) is 4.83 Å². The zero-order valence-electron chi connectivity index (χ0n) is 11.5. The first-order chi connectivity index (χ1) is 9.06. The second-order valence-corrected chi connectivity index (χ2v) is 6.58. The lowest BCUT2D eigenvalue weighted by molar-refractivity contribution is 0.399. The third kappa shape index (κ3) is 2.95. The first kappa shape index (κ1) is 14.4. The van der Waals surface area contributed by atoms with Crippen LogP contribution in [0.1, 0.15) is 25.7 Å². The molecule has 0 bridgehead atoms. The highest BCUT2D eigenvalue weighted by Gasteiger charge is 2.19. The molecule has 1 unspecified atom stereocenters. The van der Waals surface area contributed by atoms with Crippen molar-refractivity contribution in [2.24, 2.45) is 0 Å². The van der Waals surface area contributed by atoms with Gasteiger partial charge < -0.3 is 9.47 Å². The maximum Gasteiger partial charge on any atom is 0.123 e. The number of hydrogen-bond acceptors (Lipinski definition) is 3. The average molecular weight is 341 g/mol. The monoisotopic (exact) mass is 340 g/mol. The Hall–Kier alpha value is -1.00. The molecule has 19 heavy (non-hydrogen) atoms. The molecule has 1 atom stereocenters. The van der Waals surface area contributed by atoms with Gasteiger partial charge in [0.25, 0.3) is 0 Å². The van der Waals surface area contributed by atoms with Crippen LogP contribution >= 0.6 is 27.3 Å². The van der Waals surface area contributed by atoms with Crippen LogP contribution in [0.15, 0.2) is 24.3 Å². The molecule has 4 heteroatoms. The zero-order chi connectivity index (χ0) is 14.0. The Morgan fingerprint density at radius 2 is 1.84 bits per heavy atom. The summed E-state index contributed by atoms with van der Waals surface area (Å²) in [5.74, 6) is 1.71. The molecule has 0 fully saturated rings. The lowest BCUT2D eigenvalue weighted by Gasteiger charge is -2.15. The highest BCUT2D eigenvalue weighted by Crippen LogP contribution is 2.42. The Morgan fingerprint density at radius 3 is 2.37 bits per heavy atom. The highest BCUT2D eigenvalue weighted by molar-refractivity contribution is 9.09. The van der Waals surface area contributed by atoms with Gasteiger partial charge in [0.15, 0.2) is 0 Å². The maximum atomic E-state index is 5.45. The number of rotatable bonds is 4. The summed E-state index contributed by atoms with van der Waals surface area (Å²) in [6.07, 6.45) is 0. The van der Waals surface area contributed by atoms with E-state index in [1.54, 1.807) is 25.6 Å². The lowest BCUT2D eigenvalue weighted by Crippen LogP contribution is -1.97. The van der Waals surface area contributed by atoms with E-state index in [1.165, 1.54) is 15.3 Å². The number of thiophene rings is 1. The van der Waals surface area contributed by atoms with Gasteiger partial charge in [0.2, 0.25) is 0 Å². The molecule has 2 nitrogen and oxygen atoms in total. The van der Waals surface area contributed by atoms with Crippen molar-refractivity contribution in [3.05, 3.63) is 45.1 Å². The van der Waals surface area contributed by atoms with Crippen LogP contribution in [0.3, 0.4) is 0 Å². The van der Waals surface area contributed by atoms with Crippen molar-refractivity contribution in [2.75, 3.05) is 14.2 Å². The molecule has 0 spiro atoms. The van der Waals surface area contributed by atoms with Gasteiger partial charge in [0.1, 0.15) is 11.5 Å². The summed E-state index contributed by atoms with van der Waals surface area (Å²) < 4.78 is 10.8. The van der Waals surface area contributed by atoms with Gasteiger partial charge in [-0.1, -0.05) is 15.9 Å². The summed E-state index contributed by atoms with van der Waals surface area (Å²) in [4.78, 5) is 2.75. The first-order valence-electron chi connectivity index (χ1n) is 5.99. The smallest absolute Gasteiger partial charge is 0.123 e. The van der Waals surface area contributed by atoms with Crippen molar-refractivity contribution in [1.29, 1.82) is 0 Å². The summed E-state index contributed by atoms with van der Waals surface area (Å²) in [6.45, 7) is 4.27. The number of benzene rings is 1. The van der Waals surface area contributed by atoms with Crippen molar-refractivity contribution >= 4 is 27.3 Å². The van der Waals surface area contributed by atoms with Crippen LogP contribution in [-0.4, -0.2) is 14.2 Å². The van der Waals surface area contributed by atoms with Gasteiger partial charge in [0.05, 0.1) is 19.0 Å². The minimum atomic E-state index is 0.122. The van der Waals surface area contributed by atoms with Crippen LogP contribution < -0.4 is 9.47 Å². The topological polar surface area (TPSA) is 18.5 Å². The molecule has 0 saturated carbocycles. The Labute approximate surface area is 126 Å². The molecule has 0 N–H and O–H groups in total. The highest BCUT2D eigenvalue weighted by atomic mass is 79.9. The zero-order valence-corrected chi connectivity index (χ0v) is 13.9. The third-order valence-corrected chi connectivity index (χ3v) is 5.49. The van der Waals surface area contributed by atoms with E-state index in [0.29, 0.717) is 0 Å². The van der Waals surface area contributed by atoms with Gasteiger partial charge in [-0.15, -0.1) is 11.3 Å². The number of alkyl halides is 1. The van der Waals surface area contributed by atoms with Crippen LogP contribution in [0.5, 0.6) is 11.5 Å². The molecular formula is C15H17BrO2S. The van der Waals surface area contributed by atoms with Gasteiger partial charge >= 0.3 is 0 Å². The van der Waals surface area contributed by atoms with Crippen molar-refractivity contribution in [2.45, 2.75) is 18.7 Å². The van der Waals surface area contributed by atoms with E-state index in [4.69, 9.17) is 9.47 Å². The Kier molecular flexibility index (Phi) is 4.53. The van der Waals surface area contributed by atoms with Gasteiger partial charge in [-0.05, 0) is 43.7 Å².